The number of carbonyl (C=O) groups is 3. The Hall–Kier alpha value is -3.59. The fourth-order valence-electron chi connectivity index (χ4n) is 7.24. The number of aliphatic hydroxyl groups is 3. The first-order valence-electron chi connectivity index (χ1n) is 13.7. The fraction of sp³-hybridized carbons (Fsp3) is 0.500. The fourth-order valence-corrected chi connectivity index (χ4v) is 7.24. The van der Waals surface area contributed by atoms with Gasteiger partial charge < -0.3 is 49.4 Å². The lowest BCUT2D eigenvalue weighted by Gasteiger charge is -2.53. The number of rotatable bonds is 3. The number of carbonyl (C=O) groups excluding carboxylic acids is 3. The Morgan fingerprint density at radius 3 is 2.33 bits per heavy atom. The van der Waals surface area contributed by atoms with Gasteiger partial charge in [-0.15, -0.1) is 0 Å². The number of ether oxygens (including phenoxy) is 4. The summed E-state index contributed by atoms with van der Waals surface area (Å²) in [4.78, 5) is 42.8. The van der Waals surface area contributed by atoms with Crippen LogP contribution in [0.4, 0.5) is 0 Å². The topological polar surface area (TPSA) is 193 Å². The maximum atomic E-state index is 14.3. The second-order valence-corrected chi connectivity index (χ2v) is 12.2. The van der Waals surface area contributed by atoms with Gasteiger partial charge in [0.05, 0.1) is 41.5 Å². The number of hydrogen-bond donors (Lipinski definition) is 5. The van der Waals surface area contributed by atoms with E-state index in [2.05, 4.69) is 0 Å². The van der Waals surface area contributed by atoms with Crippen LogP contribution in [0.15, 0.2) is 12.1 Å². The van der Waals surface area contributed by atoms with Crippen LogP contribution in [0.3, 0.4) is 0 Å². The molecule has 0 saturated carbocycles. The van der Waals surface area contributed by atoms with E-state index in [4.69, 9.17) is 18.9 Å². The first kappa shape index (κ1) is 29.5. The molecule has 2 aromatic carbocycles. The molecular formula is C30H33NO12. The van der Waals surface area contributed by atoms with Crippen molar-refractivity contribution in [2.24, 2.45) is 0 Å². The van der Waals surface area contributed by atoms with Gasteiger partial charge >= 0.3 is 5.97 Å². The van der Waals surface area contributed by atoms with Crippen LogP contribution in [0.25, 0.3) is 0 Å². The molecular weight excluding hydrogens is 566 g/mol. The average molecular weight is 600 g/mol. The molecule has 0 amide bonds. The third kappa shape index (κ3) is 3.76. The first-order valence-corrected chi connectivity index (χ1v) is 13.7. The molecule has 0 radical (unpaired) electrons. The minimum Gasteiger partial charge on any atom is -0.507 e. The summed E-state index contributed by atoms with van der Waals surface area (Å²) in [7, 11) is 5.79. The summed E-state index contributed by atoms with van der Waals surface area (Å²) in [6.45, 7) is 2.93. The molecule has 13 nitrogen and oxygen atoms in total. The first-order chi connectivity index (χ1) is 20.1. The molecule has 1 fully saturated rings. The van der Waals surface area contributed by atoms with Gasteiger partial charge in [-0.3, -0.25) is 14.4 Å². The predicted octanol–water partition coefficient (Wildman–Crippen LogP) is 0.588. The molecule has 2 aliphatic carbocycles. The van der Waals surface area contributed by atoms with Crippen LogP contribution in [-0.2, 0) is 24.6 Å². The summed E-state index contributed by atoms with van der Waals surface area (Å²) in [5.74, 6) is -5.32. The van der Waals surface area contributed by atoms with Crippen LogP contribution >= 0.6 is 0 Å². The van der Waals surface area contributed by atoms with E-state index in [1.807, 2.05) is 0 Å². The maximum Gasteiger partial charge on any atom is 0.316 e. The highest BCUT2D eigenvalue weighted by Crippen LogP contribution is 2.55. The van der Waals surface area contributed by atoms with E-state index in [9.17, 15) is 39.9 Å². The molecule has 13 heteroatoms. The van der Waals surface area contributed by atoms with E-state index < -0.39 is 87.9 Å². The molecule has 2 aromatic rings. The molecule has 230 valence electrons. The normalized spacial score (nSPS) is 34.1. The predicted molar refractivity (Wildman–Crippen MR) is 145 cm³/mol. The number of hydrogen-bond acceptors (Lipinski definition) is 13. The van der Waals surface area contributed by atoms with Gasteiger partial charge in [0.15, 0.2) is 5.78 Å². The lowest BCUT2D eigenvalue weighted by molar-refractivity contribution is -0.311. The van der Waals surface area contributed by atoms with Crippen LogP contribution in [-0.4, -0.2) is 106 Å². The number of phenols is 2. The Morgan fingerprint density at radius 2 is 1.72 bits per heavy atom. The van der Waals surface area contributed by atoms with Gasteiger partial charge in [-0.05, 0) is 45.6 Å². The highest BCUT2D eigenvalue weighted by Gasteiger charge is 2.59. The zero-order valence-electron chi connectivity index (χ0n) is 24.4. The monoisotopic (exact) mass is 599 g/mol. The number of esters is 1. The molecule has 2 bridgehead atoms. The SMILES string of the molecule is COC(=O)C1c2cc3c(c(O)c2C(OC)CC1(C)O)C(=O)c1c(O)cc2c(c1C3=O)O[C@@H]1O[C@@]2(C)[C@@H](O)[C@@H](N(C)C)[C@@H]1O. The van der Waals surface area contributed by atoms with Crippen molar-refractivity contribution in [2.45, 2.75) is 68.0 Å². The molecule has 5 N–H and O–H groups in total. The average Bonchev–Trinajstić information content (AvgIpc) is 2.93. The van der Waals surface area contributed by atoms with E-state index in [0.717, 1.165) is 7.11 Å². The third-order valence-electron chi connectivity index (χ3n) is 9.37. The van der Waals surface area contributed by atoms with E-state index in [0.29, 0.717) is 0 Å². The Labute approximate surface area is 246 Å². The zero-order chi connectivity index (χ0) is 31.5. The number of methoxy groups -OCH3 is 2. The van der Waals surface area contributed by atoms with Gasteiger partial charge in [-0.25, -0.2) is 0 Å². The highest BCUT2D eigenvalue weighted by atomic mass is 16.7. The molecule has 4 aliphatic rings. The number of benzene rings is 2. The van der Waals surface area contributed by atoms with Gasteiger partial charge in [-0.2, -0.15) is 0 Å². The minimum atomic E-state index is -1.71. The number of ketones is 2. The minimum absolute atomic E-state index is 0.0394. The van der Waals surface area contributed by atoms with Crippen molar-refractivity contribution in [1.29, 1.82) is 0 Å². The number of likely N-dealkylation sites (N-methyl/N-ethyl adjacent to an activating group) is 1. The number of phenolic OH excluding ortho intramolecular Hbond substituents is 2. The summed E-state index contributed by atoms with van der Waals surface area (Å²) >= 11 is 0. The highest BCUT2D eigenvalue weighted by molar-refractivity contribution is 6.31. The van der Waals surface area contributed by atoms with Crippen LogP contribution in [0.2, 0.25) is 0 Å². The molecule has 0 aromatic heterocycles. The molecule has 2 aliphatic heterocycles. The molecule has 6 rings (SSSR count). The molecule has 43 heavy (non-hydrogen) atoms. The van der Waals surface area contributed by atoms with Crippen molar-refractivity contribution in [3.8, 4) is 17.2 Å². The Kier molecular flexibility index (Phi) is 6.48. The third-order valence-corrected chi connectivity index (χ3v) is 9.37. The molecule has 2 heterocycles. The van der Waals surface area contributed by atoms with Crippen molar-refractivity contribution in [2.75, 3.05) is 28.3 Å². The van der Waals surface area contributed by atoms with Gasteiger partial charge in [0.2, 0.25) is 12.1 Å². The Balaban J connectivity index is 1.61. The number of aromatic hydroxyl groups is 2. The van der Waals surface area contributed by atoms with Crippen LogP contribution in [0.5, 0.6) is 17.2 Å². The Bertz CT molecular complexity index is 1600. The van der Waals surface area contributed by atoms with Crippen LogP contribution in [0.1, 0.15) is 80.8 Å². The number of aliphatic hydroxyl groups excluding tert-OH is 2. The lowest BCUT2D eigenvalue weighted by atomic mass is 9.68. The maximum absolute atomic E-state index is 14.3. The molecule has 3 unspecified atom stereocenters. The van der Waals surface area contributed by atoms with Crippen molar-refractivity contribution < 1.29 is 58.9 Å². The second-order valence-electron chi connectivity index (χ2n) is 12.2. The van der Waals surface area contributed by atoms with Crippen LogP contribution < -0.4 is 4.74 Å². The molecule has 1 saturated heterocycles. The molecule has 8 atom stereocenters. The quantitative estimate of drug-likeness (QED) is 0.263. The van der Waals surface area contributed by atoms with Crippen molar-refractivity contribution in [3.05, 3.63) is 51.1 Å². The lowest BCUT2D eigenvalue weighted by Crippen LogP contribution is -2.68. The summed E-state index contributed by atoms with van der Waals surface area (Å²) in [6.07, 6.45) is -5.13. The van der Waals surface area contributed by atoms with Gasteiger partial charge in [0.25, 0.3) is 0 Å². The summed E-state index contributed by atoms with van der Waals surface area (Å²) < 4.78 is 22.4. The van der Waals surface area contributed by atoms with Gasteiger partial charge in [-0.1, -0.05) is 0 Å². The van der Waals surface area contributed by atoms with Crippen LogP contribution in [0, 0.1) is 0 Å². The van der Waals surface area contributed by atoms with Gasteiger partial charge in [0, 0.05) is 30.2 Å². The van der Waals surface area contributed by atoms with E-state index in [1.165, 1.54) is 33.1 Å². The zero-order valence-corrected chi connectivity index (χ0v) is 24.4. The standard InChI is InChI=1S/C30H33NO12/c1-29(39)9-14(40-5)15-10(19(29)27(38)41-6)7-11-16(22(15)34)23(35)17-13(32)8-12-25(18(17)21(11)33)42-28-24(36)20(31(3)4)26(37)30(12,2)43-28/h7-8,14,19-20,24,26,28,32,34,36-37,39H,9H2,1-6H3/t14?,19?,20-,24-,26-,28+,29?,30+/m0/s1. The smallest absolute Gasteiger partial charge is 0.316 e. The van der Waals surface area contributed by atoms with E-state index >= 15 is 0 Å². The van der Waals surface area contributed by atoms with E-state index in [-0.39, 0.29) is 40.0 Å². The summed E-state index contributed by atoms with van der Waals surface area (Å²) in [6, 6.07) is 1.58. The number of fused-ring (bicyclic) bond motifs is 8. The van der Waals surface area contributed by atoms with Crippen molar-refractivity contribution in [3.63, 3.8) is 0 Å². The molecule has 0 spiro atoms. The summed E-state index contributed by atoms with van der Waals surface area (Å²) in [5, 5.41) is 56.3. The summed E-state index contributed by atoms with van der Waals surface area (Å²) in [5.41, 5.74) is -4.63. The van der Waals surface area contributed by atoms with Crippen molar-refractivity contribution in [1.82, 2.24) is 4.90 Å². The number of nitrogens with zero attached hydrogens (tertiary/aromatic N) is 1. The largest absolute Gasteiger partial charge is 0.507 e. The van der Waals surface area contributed by atoms with Crippen molar-refractivity contribution >= 4 is 17.5 Å². The Morgan fingerprint density at radius 1 is 1.05 bits per heavy atom. The second kappa shape index (κ2) is 9.45. The van der Waals surface area contributed by atoms with Gasteiger partial charge in [0.1, 0.15) is 41.0 Å². The van der Waals surface area contributed by atoms with E-state index in [1.54, 1.807) is 19.0 Å².